The predicted molar refractivity (Wildman–Crippen MR) is 82.6 cm³/mol. The van der Waals surface area contributed by atoms with Crippen LogP contribution in [0.5, 0.6) is 0 Å². The highest BCUT2D eigenvalue weighted by atomic mass is 32.2. The average molecular weight is 295 g/mol. The molecule has 0 aromatic heterocycles. The van der Waals surface area contributed by atoms with Crippen LogP contribution in [0.2, 0.25) is 0 Å². The standard InChI is InChI=1S/C16H25NO2S/c1-12-10-14(16(3,4)5)11-15(13(12)2)20(18,19)17-8-6-7-9-17/h10-11H,6-9H2,1-5H3. The maximum Gasteiger partial charge on any atom is 0.243 e. The molecule has 1 aliphatic heterocycles. The van der Waals surface area contributed by atoms with Crippen molar-refractivity contribution in [3.63, 3.8) is 0 Å². The van der Waals surface area contributed by atoms with Gasteiger partial charge in [-0.25, -0.2) is 8.42 Å². The molecule has 0 amide bonds. The van der Waals surface area contributed by atoms with Gasteiger partial charge in [0.2, 0.25) is 10.0 Å². The Morgan fingerprint density at radius 1 is 1.05 bits per heavy atom. The van der Waals surface area contributed by atoms with Crippen molar-refractivity contribution in [3.05, 3.63) is 28.8 Å². The van der Waals surface area contributed by atoms with E-state index in [4.69, 9.17) is 0 Å². The molecule has 1 aliphatic rings. The second-order valence-electron chi connectivity index (χ2n) is 6.78. The summed E-state index contributed by atoms with van der Waals surface area (Å²) in [6.45, 7) is 11.6. The predicted octanol–water partition coefficient (Wildman–Crippen LogP) is 3.39. The molecule has 1 heterocycles. The maximum absolute atomic E-state index is 12.8. The van der Waals surface area contributed by atoms with Crippen molar-refractivity contribution in [2.75, 3.05) is 13.1 Å². The molecule has 4 heteroatoms. The van der Waals surface area contributed by atoms with Crippen LogP contribution < -0.4 is 0 Å². The third kappa shape index (κ3) is 2.77. The number of benzene rings is 1. The van der Waals surface area contributed by atoms with Crippen LogP contribution >= 0.6 is 0 Å². The topological polar surface area (TPSA) is 37.4 Å². The van der Waals surface area contributed by atoms with Gasteiger partial charge in [-0.15, -0.1) is 0 Å². The van der Waals surface area contributed by atoms with Gasteiger partial charge < -0.3 is 0 Å². The summed E-state index contributed by atoms with van der Waals surface area (Å²) in [5, 5.41) is 0. The second-order valence-corrected chi connectivity index (χ2v) is 8.68. The SMILES string of the molecule is Cc1cc(C(C)(C)C)cc(S(=O)(=O)N2CCCC2)c1C. The van der Waals surface area contributed by atoms with Crippen LogP contribution in [-0.4, -0.2) is 25.8 Å². The molecule has 112 valence electrons. The zero-order valence-electron chi connectivity index (χ0n) is 13.2. The summed E-state index contributed by atoms with van der Waals surface area (Å²) in [4.78, 5) is 0.490. The van der Waals surface area contributed by atoms with Gasteiger partial charge in [0.1, 0.15) is 0 Å². The highest BCUT2D eigenvalue weighted by Crippen LogP contribution is 2.31. The lowest BCUT2D eigenvalue weighted by molar-refractivity contribution is 0.476. The molecule has 0 unspecified atom stereocenters. The van der Waals surface area contributed by atoms with E-state index in [0.29, 0.717) is 18.0 Å². The van der Waals surface area contributed by atoms with Crippen LogP contribution in [0.4, 0.5) is 0 Å². The molecule has 1 saturated heterocycles. The number of nitrogens with zero attached hydrogens (tertiary/aromatic N) is 1. The molecule has 1 aromatic carbocycles. The molecule has 0 saturated carbocycles. The average Bonchev–Trinajstić information content (AvgIpc) is 2.84. The van der Waals surface area contributed by atoms with E-state index in [1.54, 1.807) is 4.31 Å². The van der Waals surface area contributed by atoms with Gasteiger partial charge in [0.25, 0.3) is 0 Å². The van der Waals surface area contributed by atoms with Gasteiger partial charge >= 0.3 is 0 Å². The first-order chi connectivity index (χ1) is 9.14. The first-order valence-electron chi connectivity index (χ1n) is 7.26. The first kappa shape index (κ1) is 15.5. The van der Waals surface area contributed by atoms with Crippen LogP contribution in [0.3, 0.4) is 0 Å². The Labute approximate surface area is 123 Å². The molecule has 0 atom stereocenters. The fourth-order valence-electron chi connectivity index (χ4n) is 2.60. The monoisotopic (exact) mass is 295 g/mol. The lowest BCUT2D eigenvalue weighted by Gasteiger charge is -2.24. The van der Waals surface area contributed by atoms with Crippen LogP contribution in [-0.2, 0) is 15.4 Å². The van der Waals surface area contributed by atoms with E-state index in [1.807, 2.05) is 19.9 Å². The minimum atomic E-state index is -3.34. The first-order valence-corrected chi connectivity index (χ1v) is 8.70. The quantitative estimate of drug-likeness (QED) is 0.838. The number of aryl methyl sites for hydroxylation is 1. The third-order valence-electron chi connectivity index (χ3n) is 4.17. The van der Waals surface area contributed by atoms with Gasteiger partial charge in [0.15, 0.2) is 0 Å². The summed E-state index contributed by atoms with van der Waals surface area (Å²) in [6.07, 6.45) is 1.94. The molecule has 0 spiro atoms. The number of hydrogen-bond donors (Lipinski definition) is 0. The molecular formula is C16H25NO2S. The van der Waals surface area contributed by atoms with Gasteiger partial charge in [0.05, 0.1) is 4.90 Å². The minimum absolute atomic E-state index is 0.0479. The van der Waals surface area contributed by atoms with Crippen LogP contribution in [0.15, 0.2) is 17.0 Å². The van der Waals surface area contributed by atoms with Gasteiger partial charge in [0, 0.05) is 13.1 Å². The fourth-order valence-corrected chi connectivity index (χ4v) is 4.44. The Kier molecular flexibility index (Phi) is 4.00. The van der Waals surface area contributed by atoms with Crippen molar-refractivity contribution < 1.29 is 8.42 Å². The summed E-state index contributed by atoms with van der Waals surface area (Å²) in [6, 6.07) is 3.98. The van der Waals surface area contributed by atoms with Gasteiger partial charge in [-0.05, 0) is 54.9 Å². The lowest BCUT2D eigenvalue weighted by Crippen LogP contribution is -2.29. The Morgan fingerprint density at radius 2 is 1.60 bits per heavy atom. The van der Waals surface area contributed by atoms with Crippen LogP contribution in [0, 0.1) is 13.8 Å². The number of rotatable bonds is 2. The van der Waals surface area contributed by atoms with Crippen molar-refractivity contribution in [1.82, 2.24) is 4.31 Å². The largest absolute Gasteiger partial charge is 0.243 e. The Hall–Kier alpha value is -0.870. The minimum Gasteiger partial charge on any atom is -0.207 e. The molecule has 1 fully saturated rings. The van der Waals surface area contributed by atoms with Gasteiger partial charge in [-0.2, -0.15) is 4.31 Å². The van der Waals surface area contributed by atoms with E-state index in [2.05, 4.69) is 26.8 Å². The molecule has 0 radical (unpaired) electrons. The Balaban J connectivity index is 2.58. The van der Waals surface area contributed by atoms with E-state index in [0.717, 1.165) is 29.5 Å². The summed E-state index contributed by atoms with van der Waals surface area (Å²) in [5.74, 6) is 0. The van der Waals surface area contributed by atoms with E-state index in [-0.39, 0.29) is 5.41 Å². The zero-order chi connectivity index (χ0) is 15.1. The summed E-state index contributed by atoms with van der Waals surface area (Å²) in [7, 11) is -3.34. The zero-order valence-corrected chi connectivity index (χ0v) is 14.0. The van der Waals surface area contributed by atoms with E-state index in [9.17, 15) is 8.42 Å². The van der Waals surface area contributed by atoms with Gasteiger partial charge in [-0.1, -0.05) is 26.8 Å². The van der Waals surface area contributed by atoms with E-state index < -0.39 is 10.0 Å². The van der Waals surface area contributed by atoms with Crippen LogP contribution in [0.1, 0.15) is 50.3 Å². The molecule has 20 heavy (non-hydrogen) atoms. The highest BCUT2D eigenvalue weighted by Gasteiger charge is 2.30. The molecule has 1 aromatic rings. The molecule has 0 N–H and O–H groups in total. The van der Waals surface area contributed by atoms with Crippen molar-refractivity contribution in [2.45, 2.75) is 57.8 Å². The summed E-state index contributed by atoms with van der Waals surface area (Å²) in [5.41, 5.74) is 2.96. The van der Waals surface area contributed by atoms with Crippen molar-refractivity contribution >= 4 is 10.0 Å². The normalized spacial score (nSPS) is 17.6. The highest BCUT2D eigenvalue weighted by molar-refractivity contribution is 7.89. The Morgan fingerprint density at radius 3 is 2.10 bits per heavy atom. The van der Waals surface area contributed by atoms with Crippen molar-refractivity contribution in [2.24, 2.45) is 0 Å². The van der Waals surface area contributed by atoms with Gasteiger partial charge in [-0.3, -0.25) is 0 Å². The third-order valence-corrected chi connectivity index (χ3v) is 6.19. The van der Waals surface area contributed by atoms with Crippen LogP contribution in [0.25, 0.3) is 0 Å². The van der Waals surface area contributed by atoms with E-state index >= 15 is 0 Å². The fraction of sp³-hybridized carbons (Fsp3) is 0.625. The van der Waals surface area contributed by atoms with E-state index in [1.165, 1.54) is 0 Å². The van der Waals surface area contributed by atoms with Crippen molar-refractivity contribution in [3.8, 4) is 0 Å². The summed E-state index contributed by atoms with van der Waals surface area (Å²) >= 11 is 0. The molecular weight excluding hydrogens is 270 g/mol. The second kappa shape index (κ2) is 5.15. The summed E-state index contributed by atoms with van der Waals surface area (Å²) < 4.78 is 27.3. The molecule has 2 rings (SSSR count). The molecule has 0 aliphatic carbocycles. The maximum atomic E-state index is 12.8. The molecule has 0 bridgehead atoms. The number of hydrogen-bond acceptors (Lipinski definition) is 2. The number of sulfonamides is 1. The van der Waals surface area contributed by atoms with Crippen molar-refractivity contribution in [1.29, 1.82) is 0 Å². The smallest absolute Gasteiger partial charge is 0.207 e. The Bertz CT molecular complexity index is 606. The lowest BCUT2D eigenvalue weighted by atomic mass is 9.85. The molecule has 3 nitrogen and oxygen atoms in total.